The lowest BCUT2D eigenvalue weighted by molar-refractivity contribution is 0.102. The summed E-state index contributed by atoms with van der Waals surface area (Å²) in [5, 5.41) is 5.89. The van der Waals surface area contributed by atoms with E-state index in [9.17, 15) is 13.2 Å². The summed E-state index contributed by atoms with van der Waals surface area (Å²) in [5.41, 5.74) is 4.03. The van der Waals surface area contributed by atoms with E-state index in [-0.39, 0.29) is 10.8 Å². The van der Waals surface area contributed by atoms with Crippen molar-refractivity contribution in [3.8, 4) is 0 Å². The van der Waals surface area contributed by atoms with Crippen molar-refractivity contribution >= 4 is 53.4 Å². The van der Waals surface area contributed by atoms with Crippen molar-refractivity contribution in [3.63, 3.8) is 0 Å². The molecular formula is C27H27N3O3S2. The van der Waals surface area contributed by atoms with E-state index in [2.05, 4.69) is 43.4 Å². The molecule has 1 aliphatic carbocycles. The van der Waals surface area contributed by atoms with Crippen LogP contribution in [0, 0.1) is 11.8 Å². The summed E-state index contributed by atoms with van der Waals surface area (Å²) in [4.78, 5) is 17.9. The van der Waals surface area contributed by atoms with Crippen LogP contribution in [0.4, 0.5) is 5.13 Å². The molecule has 2 aliphatic rings. The van der Waals surface area contributed by atoms with Crippen molar-refractivity contribution < 1.29 is 13.2 Å². The average molecular weight is 506 g/mol. The molecule has 1 N–H and O–H groups in total. The topological polar surface area (TPSA) is 79.4 Å². The third-order valence-corrected chi connectivity index (χ3v) is 9.92. The number of aromatic nitrogens is 1. The van der Waals surface area contributed by atoms with Crippen LogP contribution < -0.4 is 5.32 Å². The van der Waals surface area contributed by atoms with Crippen molar-refractivity contribution in [1.82, 2.24) is 9.29 Å². The van der Waals surface area contributed by atoms with Gasteiger partial charge in [0.25, 0.3) is 5.91 Å². The van der Waals surface area contributed by atoms with Crippen LogP contribution in [0.5, 0.6) is 0 Å². The van der Waals surface area contributed by atoms with Gasteiger partial charge in [-0.25, -0.2) is 13.4 Å². The fraction of sp³-hybridized carbons (Fsp3) is 0.333. The first-order valence-corrected chi connectivity index (χ1v) is 14.3. The zero-order valence-electron chi connectivity index (χ0n) is 19.7. The molecular weight excluding hydrogens is 478 g/mol. The quantitative estimate of drug-likeness (QED) is 0.399. The Hall–Kier alpha value is -2.81. The number of fused-ring (bicyclic) bond motifs is 2. The molecule has 180 valence electrons. The predicted octanol–water partition coefficient (Wildman–Crippen LogP) is 5.47. The summed E-state index contributed by atoms with van der Waals surface area (Å²) in [6.45, 7) is 5.24. The van der Waals surface area contributed by atoms with Crippen LogP contribution in [-0.4, -0.2) is 36.7 Å². The van der Waals surface area contributed by atoms with Crippen LogP contribution in [0.15, 0.2) is 53.4 Å². The maximum Gasteiger partial charge on any atom is 0.257 e. The van der Waals surface area contributed by atoms with Crippen LogP contribution in [0.3, 0.4) is 0 Å². The van der Waals surface area contributed by atoms with Gasteiger partial charge in [-0.2, -0.15) is 4.31 Å². The maximum absolute atomic E-state index is 13.1. The number of anilines is 1. The Balaban J connectivity index is 1.24. The van der Waals surface area contributed by atoms with E-state index in [0.717, 1.165) is 34.9 Å². The third-order valence-electron chi connectivity index (χ3n) is 7.16. The molecule has 1 amide bonds. The summed E-state index contributed by atoms with van der Waals surface area (Å²) >= 11 is 1.47. The number of nitrogens with zero attached hydrogens (tertiary/aromatic N) is 2. The second-order valence-electron chi connectivity index (χ2n) is 9.99. The fourth-order valence-electron chi connectivity index (χ4n) is 5.66. The molecule has 2 heterocycles. The maximum atomic E-state index is 13.1. The van der Waals surface area contributed by atoms with E-state index < -0.39 is 10.0 Å². The predicted molar refractivity (Wildman–Crippen MR) is 141 cm³/mol. The average Bonchev–Trinajstić information content (AvgIpc) is 3.43. The monoisotopic (exact) mass is 505 g/mol. The van der Waals surface area contributed by atoms with Crippen molar-refractivity contribution in [2.24, 2.45) is 11.8 Å². The second-order valence-corrected chi connectivity index (χ2v) is 13.0. The zero-order chi connectivity index (χ0) is 24.3. The number of carbonyl (C=O) groups is 1. The van der Waals surface area contributed by atoms with Crippen LogP contribution in [0.2, 0.25) is 0 Å². The van der Waals surface area contributed by atoms with Crippen molar-refractivity contribution in [1.29, 1.82) is 0 Å². The number of nitrogens with one attached hydrogen (secondary N) is 1. The van der Waals surface area contributed by atoms with E-state index in [1.54, 1.807) is 16.4 Å². The van der Waals surface area contributed by atoms with Gasteiger partial charge in [0.2, 0.25) is 10.0 Å². The highest BCUT2D eigenvalue weighted by molar-refractivity contribution is 7.89. The SMILES string of the molecule is C[C@H]1C[C@H](C)CN(S(=O)(=O)c2ccc(C(=O)Nc3nc4c(cc5c6c(cccc64)CC5)s3)cc2)C1. The highest BCUT2D eigenvalue weighted by Crippen LogP contribution is 2.39. The van der Waals surface area contributed by atoms with E-state index in [1.165, 1.54) is 40.0 Å². The largest absolute Gasteiger partial charge is 0.298 e. The minimum atomic E-state index is -3.58. The lowest BCUT2D eigenvalue weighted by atomic mass is 9.94. The second kappa shape index (κ2) is 8.40. The molecule has 35 heavy (non-hydrogen) atoms. The zero-order valence-corrected chi connectivity index (χ0v) is 21.4. The van der Waals surface area contributed by atoms with Gasteiger partial charge in [0.05, 0.1) is 15.1 Å². The van der Waals surface area contributed by atoms with Gasteiger partial charge in [-0.15, -0.1) is 0 Å². The first kappa shape index (κ1) is 22.6. The Kier molecular flexibility index (Phi) is 5.43. The molecule has 8 heteroatoms. The highest BCUT2D eigenvalue weighted by atomic mass is 32.2. The minimum absolute atomic E-state index is 0.222. The van der Waals surface area contributed by atoms with Gasteiger partial charge < -0.3 is 0 Å². The normalized spacial score (nSPS) is 20.5. The lowest BCUT2D eigenvalue weighted by Crippen LogP contribution is -2.42. The molecule has 0 bridgehead atoms. The Labute approximate surface area is 209 Å². The summed E-state index contributed by atoms with van der Waals surface area (Å²) in [6, 6.07) is 14.8. The Morgan fingerprint density at radius 3 is 2.49 bits per heavy atom. The van der Waals surface area contributed by atoms with Crippen LogP contribution in [0.1, 0.15) is 41.8 Å². The Bertz CT molecular complexity index is 1570. The van der Waals surface area contributed by atoms with Crippen LogP contribution >= 0.6 is 11.3 Å². The lowest BCUT2D eigenvalue weighted by Gasteiger charge is -2.34. The summed E-state index contributed by atoms with van der Waals surface area (Å²) in [7, 11) is -3.58. The molecule has 1 aliphatic heterocycles. The van der Waals surface area contributed by atoms with E-state index in [4.69, 9.17) is 4.98 Å². The first-order chi connectivity index (χ1) is 16.8. The molecule has 1 saturated heterocycles. The number of hydrogen-bond acceptors (Lipinski definition) is 5. The number of thiazole rings is 1. The third kappa shape index (κ3) is 3.93. The van der Waals surface area contributed by atoms with E-state index >= 15 is 0 Å². The van der Waals surface area contributed by atoms with Gasteiger partial charge in [0.15, 0.2) is 5.13 Å². The fourth-order valence-corrected chi connectivity index (χ4v) is 8.28. The van der Waals surface area contributed by atoms with Gasteiger partial charge in [-0.3, -0.25) is 10.1 Å². The number of aryl methyl sites for hydroxylation is 2. The molecule has 0 spiro atoms. The standard InChI is InChI=1S/C27H27N3O3S2/c1-16-12-17(2)15-30(14-16)35(32,33)21-10-8-19(9-11-21)26(31)29-27-28-25-22-5-3-4-18-6-7-20(24(18)22)13-23(25)34-27/h3-5,8-11,13,16-17H,6-7,12,14-15H2,1-2H3,(H,28,29,31)/t16-,17-/m0/s1. The van der Waals surface area contributed by atoms with E-state index in [1.807, 2.05) is 0 Å². The molecule has 6 nitrogen and oxygen atoms in total. The van der Waals surface area contributed by atoms with Gasteiger partial charge in [-0.1, -0.05) is 43.4 Å². The van der Waals surface area contributed by atoms with Gasteiger partial charge in [-0.05, 0) is 77.9 Å². The molecule has 0 unspecified atom stereocenters. The molecule has 4 aromatic rings. The number of benzene rings is 3. The number of piperidine rings is 1. The molecule has 0 radical (unpaired) electrons. The van der Waals surface area contributed by atoms with Gasteiger partial charge in [0, 0.05) is 24.0 Å². The van der Waals surface area contributed by atoms with Gasteiger partial charge in [0.1, 0.15) is 0 Å². The smallest absolute Gasteiger partial charge is 0.257 e. The Morgan fingerprint density at radius 1 is 1.03 bits per heavy atom. The van der Waals surface area contributed by atoms with Crippen LogP contribution in [-0.2, 0) is 22.9 Å². The number of hydrogen-bond donors (Lipinski definition) is 1. The molecule has 1 fully saturated rings. The Morgan fingerprint density at radius 2 is 1.74 bits per heavy atom. The molecule has 1 aromatic heterocycles. The summed E-state index contributed by atoms with van der Waals surface area (Å²) in [6.07, 6.45) is 3.14. The molecule has 6 rings (SSSR count). The number of rotatable bonds is 4. The van der Waals surface area contributed by atoms with Crippen molar-refractivity contribution in [2.45, 2.75) is 38.0 Å². The van der Waals surface area contributed by atoms with Crippen molar-refractivity contribution in [3.05, 3.63) is 65.2 Å². The highest BCUT2D eigenvalue weighted by Gasteiger charge is 2.31. The molecule has 0 saturated carbocycles. The first-order valence-electron chi connectivity index (χ1n) is 12.0. The summed E-state index contributed by atoms with van der Waals surface area (Å²) < 4.78 is 28.9. The van der Waals surface area contributed by atoms with Crippen molar-refractivity contribution in [2.75, 3.05) is 18.4 Å². The minimum Gasteiger partial charge on any atom is -0.298 e. The molecule has 3 aromatic carbocycles. The summed E-state index contributed by atoms with van der Waals surface area (Å²) in [5.74, 6) is 0.368. The number of amides is 1. The van der Waals surface area contributed by atoms with Gasteiger partial charge >= 0.3 is 0 Å². The molecule has 2 atom stereocenters. The number of sulfonamides is 1. The number of carbonyl (C=O) groups excluding carboxylic acids is 1. The van der Waals surface area contributed by atoms with Crippen LogP contribution in [0.25, 0.3) is 21.0 Å². The van der Waals surface area contributed by atoms with E-state index in [0.29, 0.717) is 35.6 Å².